The van der Waals surface area contributed by atoms with E-state index in [0.29, 0.717) is 19.4 Å². The Kier molecular flexibility index (Phi) is 6.22. The van der Waals surface area contributed by atoms with Crippen LogP contribution in [0.4, 0.5) is 4.79 Å². The molecule has 0 aliphatic rings. The Balaban J connectivity index is 3.98. The summed E-state index contributed by atoms with van der Waals surface area (Å²) in [6, 6.07) is -0.345. The van der Waals surface area contributed by atoms with Crippen LogP contribution in [-0.4, -0.2) is 30.2 Å². The zero-order valence-corrected chi connectivity index (χ0v) is 9.88. The Morgan fingerprint density at radius 2 is 2.06 bits per heavy atom. The second-order valence-electron chi connectivity index (χ2n) is 3.91. The summed E-state index contributed by atoms with van der Waals surface area (Å²) in [5, 5.41) is 14.1. The Labute approximate surface area is 95.9 Å². The summed E-state index contributed by atoms with van der Waals surface area (Å²) in [5.74, 6) is -0.901. The summed E-state index contributed by atoms with van der Waals surface area (Å²) in [7, 11) is 0. The smallest absolute Gasteiger partial charge is 0.314 e. The molecule has 2 amide bonds. The van der Waals surface area contributed by atoms with Gasteiger partial charge < -0.3 is 15.7 Å². The second-order valence-corrected chi connectivity index (χ2v) is 3.91. The molecular weight excluding hydrogens is 208 g/mol. The molecule has 0 aromatic carbocycles. The normalized spacial score (nSPS) is 13.6. The molecule has 16 heavy (non-hydrogen) atoms. The summed E-state index contributed by atoms with van der Waals surface area (Å²) in [4.78, 5) is 22.2. The van der Waals surface area contributed by atoms with Crippen molar-refractivity contribution in [3.63, 3.8) is 0 Å². The molecule has 0 aliphatic heterocycles. The highest BCUT2D eigenvalue weighted by Crippen LogP contribution is 2.19. The fraction of sp³-hybridized carbons (Fsp3) is 0.636. The molecule has 0 saturated carbocycles. The molecule has 1 unspecified atom stereocenters. The minimum Gasteiger partial charge on any atom is -0.481 e. The molecule has 1 atom stereocenters. The SMILES string of the molecule is C=CCCNC(=O)NCC(C)(CC)C(=O)O. The van der Waals surface area contributed by atoms with Crippen LogP contribution in [0.25, 0.3) is 0 Å². The Bertz CT molecular complexity index is 266. The van der Waals surface area contributed by atoms with Gasteiger partial charge in [0.2, 0.25) is 0 Å². The summed E-state index contributed by atoms with van der Waals surface area (Å²) in [5.41, 5.74) is -0.907. The molecule has 0 saturated heterocycles. The number of carboxylic acids is 1. The maximum Gasteiger partial charge on any atom is 0.314 e. The number of hydrogen-bond acceptors (Lipinski definition) is 2. The van der Waals surface area contributed by atoms with E-state index in [9.17, 15) is 9.59 Å². The average Bonchev–Trinajstić information content (AvgIpc) is 2.26. The molecule has 5 nitrogen and oxygen atoms in total. The maximum absolute atomic E-state index is 11.3. The Morgan fingerprint density at radius 1 is 1.44 bits per heavy atom. The topological polar surface area (TPSA) is 78.4 Å². The number of carboxylic acid groups (broad SMARTS) is 1. The molecule has 0 bridgehead atoms. The minimum absolute atomic E-state index is 0.124. The molecule has 0 rings (SSSR count). The van der Waals surface area contributed by atoms with Gasteiger partial charge >= 0.3 is 12.0 Å². The standard InChI is InChI=1S/C11H20N2O3/c1-4-6-7-12-10(16)13-8-11(3,5-2)9(14)15/h4H,1,5-8H2,2-3H3,(H,14,15)(H2,12,13,16). The van der Waals surface area contributed by atoms with Gasteiger partial charge in [0.25, 0.3) is 0 Å². The van der Waals surface area contributed by atoms with Crippen molar-refractivity contribution in [2.75, 3.05) is 13.1 Å². The summed E-state index contributed by atoms with van der Waals surface area (Å²) in [6.07, 6.45) is 2.86. The molecule has 0 aromatic rings. The van der Waals surface area contributed by atoms with Gasteiger partial charge in [0.1, 0.15) is 0 Å². The fourth-order valence-electron chi connectivity index (χ4n) is 0.977. The third-order valence-corrected chi connectivity index (χ3v) is 2.57. The van der Waals surface area contributed by atoms with Crippen LogP contribution in [0, 0.1) is 5.41 Å². The zero-order chi connectivity index (χ0) is 12.6. The molecule has 0 heterocycles. The summed E-state index contributed by atoms with van der Waals surface area (Å²) in [6.45, 7) is 7.55. The lowest BCUT2D eigenvalue weighted by Gasteiger charge is -2.23. The van der Waals surface area contributed by atoms with Crippen molar-refractivity contribution in [3.05, 3.63) is 12.7 Å². The van der Waals surface area contributed by atoms with Gasteiger partial charge in [-0.3, -0.25) is 4.79 Å². The van der Waals surface area contributed by atoms with Crippen LogP contribution >= 0.6 is 0 Å². The molecule has 0 aromatic heterocycles. The van der Waals surface area contributed by atoms with Gasteiger partial charge in [-0.05, 0) is 19.8 Å². The molecule has 3 N–H and O–H groups in total. The number of carbonyl (C=O) groups is 2. The molecular formula is C11H20N2O3. The number of nitrogens with one attached hydrogen (secondary N) is 2. The van der Waals surface area contributed by atoms with Crippen molar-refractivity contribution >= 4 is 12.0 Å². The fourth-order valence-corrected chi connectivity index (χ4v) is 0.977. The number of aliphatic carboxylic acids is 1. The van der Waals surface area contributed by atoms with Crippen LogP contribution in [0.15, 0.2) is 12.7 Å². The van der Waals surface area contributed by atoms with Gasteiger partial charge in [0.15, 0.2) is 0 Å². The highest BCUT2D eigenvalue weighted by molar-refractivity contribution is 5.77. The first-order valence-electron chi connectivity index (χ1n) is 5.32. The largest absolute Gasteiger partial charge is 0.481 e. The van der Waals surface area contributed by atoms with E-state index in [1.54, 1.807) is 19.9 Å². The molecule has 92 valence electrons. The van der Waals surface area contributed by atoms with Crippen molar-refractivity contribution in [1.82, 2.24) is 10.6 Å². The third kappa shape index (κ3) is 4.82. The summed E-state index contributed by atoms with van der Waals surface area (Å²) < 4.78 is 0. The number of urea groups is 1. The minimum atomic E-state index is -0.907. The van der Waals surface area contributed by atoms with Crippen molar-refractivity contribution in [1.29, 1.82) is 0 Å². The van der Waals surface area contributed by atoms with Crippen LogP contribution < -0.4 is 10.6 Å². The lowest BCUT2D eigenvalue weighted by atomic mass is 9.88. The van der Waals surface area contributed by atoms with E-state index in [1.807, 2.05) is 0 Å². The lowest BCUT2D eigenvalue weighted by molar-refractivity contribution is -0.147. The highest BCUT2D eigenvalue weighted by atomic mass is 16.4. The van der Waals surface area contributed by atoms with Crippen LogP contribution in [0.3, 0.4) is 0 Å². The van der Waals surface area contributed by atoms with Crippen molar-refractivity contribution in [2.45, 2.75) is 26.7 Å². The quantitative estimate of drug-likeness (QED) is 0.455. The molecule has 5 heteroatoms. The third-order valence-electron chi connectivity index (χ3n) is 2.57. The maximum atomic E-state index is 11.3. The molecule has 0 radical (unpaired) electrons. The molecule has 0 fully saturated rings. The first-order chi connectivity index (χ1) is 7.46. The number of hydrogen-bond donors (Lipinski definition) is 3. The Morgan fingerprint density at radius 3 is 2.50 bits per heavy atom. The molecule has 0 aliphatic carbocycles. The van der Waals surface area contributed by atoms with Gasteiger partial charge in [0, 0.05) is 13.1 Å². The van der Waals surface area contributed by atoms with Crippen LogP contribution in [0.2, 0.25) is 0 Å². The lowest BCUT2D eigenvalue weighted by Crippen LogP contribution is -2.44. The number of amides is 2. The van der Waals surface area contributed by atoms with Gasteiger partial charge in [0.05, 0.1) is 5.41 Å². The van der Waals surface area contributed by atoms with Gasteiger partial charge in [-0.2, -0.15) is 0 Å². The summed E-state index contributed by atoms with van der Waals surface area (Å²) >= 11 is 0. The monoisotopic (exact) mass is 228 g/mol. The molecule has 0 spiro atoms. The van der Waals surface area contributed by atoms with Gasteiger partial charge in [-0.15, -0.1) is 6.58 Å². The first kappa shape index (κ1) is 14.5. The van der Waals surface area contributed by atoms with E-state index in [-0.39, 0.29) is 12.6 Å². The van der Waals surface area contributed by atoms with E-state index in [4.69, 9.17) is 5.11 Å². The van der Waals surface area contributed by atoms with E-state index in [0.717, 1.165) is 0 Å². The first-order valence-corrected chi connectivity index (χ1v) is 5.32. The average molecular weight is 228 g/mol. The highest BCUT2D eigenvalue weighted by Gasteiger charge is 2.31. The van der Waals surface area contributed by atoms with Crippen molar-refractivity contribution in [2.24, 2.45) is 5.41 Å². The van der Waals surface area contributed by atoms with Gasteiger partial charge in [-0.1, -0.05) is 13.0 Å². The predicted octanol–water partition coefficient (Wildman–Crippen LogP) is 1.36. The van der Waals surface area contributed by atoms with E-state index >= 15 is 0 Å². The van der Waals surface area contributed by atoms with Crippen molar-refractivity contribution < 1.29 is 14.7 Å². The van der Waals surface area contributed by atoms with E-state index in [1.165, 1.54) is 0 Å². The zero-order valence-electron chi connectivity index (χ0n) is 9.88. The predicted molar refractivity (Wildman–Crippen MR) is 62.2 cm³/mol. The second kappa shape index (κ2) is 6.87. The van der Waals surface area contributed by atoms with Gasteiger partial charge in [-0.25, -0.2) is 4.79 Å². The number of rotatable bonds is 7. The van der Waals surface area contributed by atoms with E-state index in [2.05, 4.69) is 17.2 Å². The van der Waals surface area contributed by atoms with Crippen LogP contribution in [0.1, 0.15) is 26.7 Å². The number of carbonyl (C=O) groups excluding carboxylic acids is 1. The van der Waals surface area contributed by atoms with Crippen LogP contribution in [0.5, 0.6) is 0 Å². The Hall–Kier alpha value is -1.52. The van der Waals surface area contributed by atoms with Crippen molar-refractivity contribution in [3.8, 4) is 0 Å². The van der Waals surface area contributed by atoms with Crippen LogP contribution in [-0.2, 0) is 4.79 Å². The van der Waals surface area contributed by atoms with E-state index < -0.39 is 11.4 Å².